The monoisotopic (exact) mass is 305 g/mol. The summed E-state index contributed by atoms with van der Waals surface area (Å²) in [5, 5.41) is 3.74. The SMILES string of the molecule is Cc1cc(C(=O)N2CC(C(=O)N3CC(C)CC(C)C3)C2)no1. The number of rotatable bonds is 2. The van der Waals surface area contributed by atoms with Crippen molar-refractivity contribution in [2.24, 2.45) is 17.8 Å². The number of aryl methyl sites for hydroxylation is 1. The van der Waals surface area contributed by atoms with E-state index < -0.39 is 0 Å². The summed E-state index contributed by atoms with van der Waals surface area (Å²) in [6.07, 6.45) is 1.19. The highest BCUT2D eigenvalue weighted by atomic mass is 16.5. The Labute approximate surface area is 130 Å². The van der Waals surface area contributed by atoms with Gasteiger partial charge in [0.2, 0.25) is 5.91 Å². The average Bonchev–Trinajstić information content (AvgIpc) is 2.82. The third kappa shape index (κ3) is 2.87. The predicted molar refractivity (Wildman–Crippen MR) is 80.2 cm³/mol. The van der Waals surface area contributed by atoms with Crippen molar-refractivity contribution in [1.82, 2.24) is 15.0 Å². The lowest BCUT2D eigenvalue weighted by Gasteiger charge is -2.43. The molecule has 120 valence electrons. The molecule has 1 aromatic rings. The van der Waals surface area contributed by atoms with Crippen LogP contribution in [-0.4, -0.2) is 52.9 Å². The van der Waals surface area contributed by atoms with Crippen molar-refractivity contribution in [2.45, 2.75) is 27.2 Å². The van der Waals surface area contributed by atoms with E-state index in [-0.39, 0.29) is 17.7 Å². The quantitative estimate of drug-likeness (QED) is 0.831. The lowest BCUT2D eigenvalue weighted by atomic mass is 9.89. The Kier molecular flexibility index (Phi) is 3.93. The van der Waals surface area contributed by atoms with Gasteiger partial charge in [-0.3, -0.25) is 9.59 Å². The third-order valence-electron chi connectivity index (χ3n) is 4.55. The molecule has 0 bridgehead atoms. The summed E-state index contributed by atoms with van der Waals surface area (Å²) < 4.78 is 4.92. The number of likely N-dealkylation sites (tertiary alicyclic amines) is 2. The zero-order valence-electron chi connectivity index (χ0n) is 13.4. The summed E-state index contributed by atoms with van der Waals surface area (Å²) in [4.78, 5) is 28.3. The van der Waals surface area contributed by atoms with Crippen molar-refractivity contribution in [1.29, 1.82) is 0 Å². The van der Waals surface area contributed by atoms with Crippen LogP contribution in [0.3, 0.4) is 0 Å². The highest BCUT2D eigenvalue weighted by molar-refractivity contribution is 5.94. The van der Waals surface area contributed by atoms with Gasteiger partial charge >= 0.3 is 0 Å². The summed E-state index contributed by atoms with van der Waals surface area (Å²) >= 11 is 0. The van der Waals surface area contributed by atoms with Crippen molar-refractivity contribution >= 4 is 11.8 Å². The van der Waals surface area contributed by atoms with Crippen LogP contribution in [-0.2, 0) is 4.79 Å². The van der Waals surface area contributed by atoms with Gasteiger partial charge in [-0.1, -0.05) is 19.0 Å². The molecule has 3 heterocycles. The average molecular weight is 305 g/mol. The highest BCUT2D eigenvalue weighted by Gasteiger charge is 2.40. The minimum absolute atomic E-state index is 0.0607. The van der Waals surface area contributed by atoms with Gasteiger partial charge in [0.1, 0.15) is 5.76 Å². The number of hydrogen-bond donors (Lipinski definition) is 0. The van der Waals surface area contributed by atoms with E-state index in [9.17, 15) is 9.59 Å². The topological polar surface area (TPSA) is 66.7 Å². The zero-order valence-corrected chi connectivity index (χ0v) is 13.4. The van der Waals surface area contributed by atoms with Crippen LogP contribution in [0, 0.1) is 24.7 Å². The largest absolute Gasteiger partial charge is 0.361 e. The maximum atomic E-state index is 12.5. The normalized spacial score (nSPS) is 26.0. The van der Waals surface area contributed by atoms with Gasteiger partial charge in [0.25, 0.3) is 5.91 Å². The maximum absolute atomic E-state index is 12.5. The third-order valence-corrected chi connectivity index (χ3v) is 4.55. The first-order valence-electron chi connectivity index (χ1n) is 7.95. The number of nitrogens with zero attached hydrogens (tertiary/aromatic N) is 3. The van der Waals surface area contributed by atoms with E-state index in [4.69, 9.17) is 4.52 Å². The Hall–Kier alpha value is -1.85. The molecule has 0 aromatic carbocycles. The molecule has 22 heavy (non-hydrogen) atoms. The first-order valence-corrected chi connectivity index (χ1v) is 7.95. The summed E-state index contributed by atoms with van der Waals surface area (Å²) in [5.41, 5.74) is 0.323. The van der Waals surface area contributed by atoms with Crippen molar-refractivity contribution in [3.63, 3.8) is 0 Å². The molecule has 2 saturated heterocycles. The van der Waals surface area contributed by atoms with E-state index in [1.54, 1.807) is 17.9 Å². The van der Waals surface area contributed by atoms with Gasteiger partial charge in [-0.25, -0.2) is 0 Å². The molecule has 2 fully saturated rings. The van der Waals surface area contributed by atoms with E-state index >= 15 is 0 Å². The van der Waals surface area contributed by atoms with Crippen LogP contribution in [0.25, 0.3) is 0 Å². The summed E-state index contributed by atoms with van der Waals surface area (Å²) in [7, 11) is 0. The van der Waals surface area contributed by atoms with Crippen LogP contribution >= 0.6 is 0 Å². The van der Waals surface area contributed by atoms with Gasteiger partial charge in [-0.05, 0) is 25.2 Å². The number of aromatic nitrogens is 1. The Bertz CT molecular complexity index is 567. The molecule has 6 heteroatoms. The van der Waals surface area contributed by atoms with Gasteiger partial charge in [0.05, 0.1) is 5.92 Å². The van der Waals surface area contributed by atoms with Crippen molar-refractivity contribution in [3.8, 4) is 0 Å². The molecule has 2 atom stereocenters. The first-order chi connectivity index (χ1) is 10.4. The molecule has 3 rings (SSSR count). The number of hydrogen-bond acceptors (Lipinski definition) is 4. The fourth-order valence-electron chi connectivity index (χ4n) is 3.53. The predicted octanol–water partition coefficient (Wildman–Crippen LogP) is 1.56. The summed E-state index contributed by atoms with van der Waals surface area (Å²) in [6.45, 7) is 8.81. The van der Waals surface area contributed by atoms with Gasteiger partial charge < -0.3 is 14.3 Å². The molecule has 1 aromatic heterocycles. The lowest BCUT2D eigenvalue weighted by Crippen LogP contribution is -2.58. The zero-order chi connectivity index (χ0) is 15.9. The molecule has 0 radical (unpaired) electrons. The van der Waals surface area contributed by atoms with Crippen LogP contribution in [0.2, 0.25) is 0 Å². The summed E-state index contributed by atoms with van der Waals surface area (Å²) in [5.74, 6) is 1.72. The Balaban J connectivity index is 1.54. The fourth-order valence-corrected chi connectivity index (χ4v) is 3.53. The summed E-state index contributed by atoms with van der Waals surface area (Å²) in [6, 6.07) is 1.63. The van der Waals surface area contributed by atoms with Crippen LogP contribution in [0.4, 0.5) is 0 Å². The van der Waals surface area contributed by atoms with E-state index in [0.717, 1.165) is 13.1 Å². The first kappa shape index (κ1) is 15.1. The number of amides is 2. The van der Waals surface area contributed by atoms with E-state index in [0.29, 0.717) is 36.4 Å². The fraction of sp³-hybridized carbons (Fsp3) is 0.688. The molecule has 0 saturated carbocycles. The van der Waals surface area contributed by atoms with E-state index in [2.05, 4.69) is 19.0 Å². The van der Waals surface area contributed by atoms with Gasteiger partial charge in [0, 0.05) is 32.2 Å². The van der Waals surface area contributed by atoms with Crippen LogP contribution < -0.4 is 0 Å². The second-order valence-electron chi connectivity index (χ2n) is 6.92. The number of carbonyl (C=O) groups excluding carboxylic acids is 2. The second-order valence-corrected chi connectivity index (χ2v) is 6.92. The molecule has 2 aliphatic heterocycles. The van der Waals surface area contributed by atoms with Crippen molar-refractivity contribution in [3.05, 3.63) is 17.5 Å². The second kappa shape index (κ2) is 5.74. The number of piperidine rings is 1. The Morgan fingerprint density at radius 2 is 1.77 bits per heavy atom. The Morgan fingerprint density at radius 1 is 1.14 bits per heavy atom. The molecule has 2 aliphatic rings. The molecule has 6 nitrogen and oxygen atoms in total. The molecule has 0 aliphatic carbocycles. The minimum atomic E-state index is -0.152. The lowest BCUT2D eigenvalue weighted by molar-refractivity contribution is -0.142. The minimum Gasteiger partial charge on any atom is -0.361 e. The van der Waals surface area contributed by atoms with Crippen LogP contribution in [0.1, 0.15) is 36.5 Å². The molecule has 2 amide bonds. The van der Waals surface area contributed by atoms with E-state index in [1.807, 2.05) is 4.90 Å². The van der Waals surface area contributed by atoms with Crippen LogP contribution in [0.15, 0.2) is 10.6 Å². The van der Waals surface area contributed by atoms with Gasteiger partial charge in [-0.2, -0.15) is 0 Å². The molecule has 0 spiro atoms. The highest BCUT2D eigenvalue weighted by Crippen LogP contribution is 2.26. The standard InChI is InChI=1S/C16H23N3O3/c1-10-4-11(2)7-18(6-10)15(20)13-8-19(9-13)16(21)14-5-12(3)22-17-14/h5,10-11,13H,4,6-9H2,1-3H3. The maximum Gasteiger partial charge on any atom is 0.276 e. The van der Waals surface area contributed by atoms with Crippen molar-refractivity contribution < 1.29 is 14.1 Å². The van der Waals surface area contributed by atoms with Gasteiger partial charge in [-0.15, -0.1) is 0 Å². The molecular weight excluding hydrogens is 282 g/mol. The molecular formula is C16H23N3O3. The molecule has 0 N–H and O–H groups in total. The number of carbonyl (C=O) groups is 2. The smallest absolute Gasteiger partial charge is 0.276 e. The van der Waals surface area contributed by atoms with Gasteiger partial charge in [0.15, 0.2) is 5.69 Å². The van der Waals surface area contributed by atoms with E-state index in [1.165, 1.54) is 6.42 Å². The molecule has 2 unspecified atom stereocenters. The van der Waals surface area contributed by atoms with Crippen molar-refractivity contribution in [2.75, 3.05) is 26.2 Å². The Morgan fingerprint density at radius 3 is 2.32 bits per heavy atom. The van der Waals surface area contributed by atoms with Crippen LogP contribution in [0.5, 0.6) is 0 Å².